The number of halogens is 7. The minimum Gasteiger partial charge on any atom is -0.661 e. The second kappa shape index (κ2) is 10.5. The van der Waals surface area contributed by atoms with Gasteiger partial charge in [-0.25, -0.2) is 4.39 Å². The Hall–Kier alpha value is -2.66. The maximum Gasteiger partial charge on any atom is 0.416 e. The van der Waals surface area contributed by atoms with E-state index in [1.165, 1.54) is 19.2 Å². The van der Waals surface area contributed by atoms with Crippen LogP contribution in [0.1, 0.15) is 35.1 Å². The van der Waals surface area contributed by atoms with Crippen molar-refractivity contribution in [3.63, 3.8) is 0 Å². The molecule has 0 atom stereocenters. The molecule has 1 fully saturated rings. The molecule has 4 nitrogen and oxygen atoms in total. The Morgan fingerprint density at radius 3 is 1.85 bits per heavy atom. The SMILES string of the molecule is C[N-]Cc1cc(C(F)(F)F)cc(C(F)(F)F)c1.O=C(O)C1(c2ccc(F)cc2)CCNCC1. The molecule has 1 saturated heterocycles. The molecule has 2 N–H and O–H groups in total. The van der Waals surface area contributed by atoms with E-state index in [2.05, 4.69) is 10.6 Å². The van der Waals surface area contributed by atoms with Crippen molar-refractivity contribution in [1.82, 2.24) is 5.32 Å². The Bertz CT molecular complexity index is 903. The molecule has 0 bridgehead atoms. The molecular weight excluding hydrogens is 457 g/mol. The number of hydrogen-bond acceptors (Lipinski definition) is 2. The van der Waals surface area contributed by atoms with Crippen molar-refractivity contribution >= 4 is 5.97 Å². The van der Waals surface area contributed by atoms with Crippen molar-refractivity contribution in [2.45, 2.75) is 37.2 Å². The van der Waals surface area contributed by atoms with E-state index in [0.717, 1.165) is 0 Å². The second-order valence-corrected chi connectivity index (χ2v) is 7.53. The molecule has 3 rings (SSSR count). The highest BCUT2D eigenvalue weighted by Gasteiger charge is 2.41. The topological polar surface area (TPSA) is 63.4 Å². The quantitative estimate of drug-likeness (QED) is 0.549. The first-order valence-corrected chi connectivity index (χ1v) is 9.84. The Balaban J connectivity index is 0.000000234. The van der Waals surface area contributed by atoms with Crippen molar-refractivity contribution in [1.29, 1.82) is 0 Å². The van der Waals surface area contributed by atoms with Crippen LogP contribution in [0.2, 0.25) is 0 Å². The van der Waals surface area contributed by atoms with Gasteiger partial charge in [0.1, 0.15) is 5.82 Å². The van der Waals surface area contributed by atoms with Crippen molar-refractivity contribution in [3.05, 3.63) is 75.9 Å². The Morgan fingerprint density at radius 2 is 1.45 bits per heavy atom. The first-order valence-electron chi connectivity index (χ1n) is 9.84. The van der Waals surface area contributed by atoms with Crippen LogP contribution in [0.5, 0.6) is 0 Å². The molecule has 1 aliphatic rings. The molecule has 1 aliphatic heterocycles. The van der Waals surface area contributed by atoms with Gasteiger partial charge in [-0.1, -0.05) is 17.7 Å². The van der Waals surface area contributed by atoms with Crippen LogP contribution in [0.15, 0.2) is 42.5 Å². The van der Waals surface area contributed by atoms with Gasteiger partial charge in [-0.15, -0.1) is 6.54 Å². The highest BCUT2D eigenvalue weighted by molar-refractivity contribution is 5.81. The number of rotatable bonds is 4. The van der Waals surface area contributed by atoms with Crippen LogP contribution >= 0.6 is 0 Å². The summed E-state index contributed by atoms with van der Waals surface area (Å²) in [6.45, 7) is 1.18. The smallest absolute Gasteiger partial charge is 0.416 e. The molecule has 0 radical (unpaired) electrons. The maximum atomic E-state index is 12.8. The van der Waals surface area contributed by atoms with Gasteiger partial charge in [-0.3, -0.25) is 4.79 Å². The van der Waals surface area contributed by atoms with E-state index in [4.69, 9.17) is 0 Å². The van der Waals surface area contributed by atoms with Gasteiger partial charge in [0.25, 0.3) is 0 Å². The Labute approximate surface area is 185 Å². The van der Waals surface area contributed by atoms with Crippen LogP contribution in [0, 0.1) is 5.82 Å². The fourth-order valence-electron chi connectivity index (χ4n) is 3.54. The monoisotopic (exact) mass is 479 g/mol. The number of benzene rings is 2. The fourth-order valence-corrected chi connectivity index (χ4v) is 3.54. The molecule has 182 valence electrons. The molecule has 33 heavy (non-hydrogen) atoms. The number of nitrogens with one attached hydrogen (secondary N) is 1. The van der Waals surface area contributed by atoms with Crippen molar-refractivity contribution in [2.75, 3.05) is 20.1 Å². The van der Waals surface area contributed by atoms with Crippen molar-refractivity contribution < 1.29 is 40.6 Å². The summed E-state index contributed by atoms with van der Waals surface area (Å²) in [7, 11) is 1.31. The van der Waals surface area contributed by atoms with Crippen LogP contribution < -0.4 is 5.32 Å². The highest BCUT2D eigenvalue weighted by Crippen LogP contribution is 2.36. The van der Waals surface area contributed by atoms with E-state index in [0.29, 0.717) is 43.6 Å². The Morgan fingerprint density at radius 1 is 0.970 bits per heavy atom. The zero-order valence-corrected chi connectivity index (χ0v) is 17.5. The number of hydrogen-bond donors (Lipinski definition) is 2. The molecule has 0 spiro atoms. The summed E-state index contributed by atoms with van der Waals surface area (Å²) in [5.41, 5.74) is -2.90. The van der Waals surface area contributed by atoms with Crippen LogP contribution in [0.4, 0.5) is 30.7 Å². The maximum absolute atomic E-state index is 12.8. The summed E-state index contributed by atoms with van der Waals surface area (Å²) in [4.78, 5) is 11.4. The van der Waals surface area contributed by atoms with Gasteiger partial charge < -0.3 is 15.7 Å². The third-order valence-corrected chi connectivity index (χ3v) is 5.25. The summed E-state index contributed by atoms with van der Waals surface area (Å²) in [6, 6.07) is 7.23. The number of carbonyl (C=O) groups is 1. The van der Waals surface area contributed by atoms with Gasteiger partial charge in [0, 0.05) is 0 Å². The summed E-state index contributed by atoms with van der Waals surface area (Å²) in [5.74, 6) is -1.15. The number of piperidine rings is 1. The first-order chi connectivity index (χ1) is 15.3. The third-order valence-electron chi connectivity index (χ3n) is 5.25. The predicted octanol–water partition coefficient (Wildman–Crippen LogP) is 5.76. The molecule has 0 aromatic heterocycles. The van der Waals surface area contributed by atoms with Gasteiger partial charge in [-0.05, 0) is 61.8 Å². The summed E-state index contributed by atoms with van der Waals surface area (Å²) >= 11 is 0. The first kappa shape index (κ1) is 26.6. The lowest BCUT2D eigenvalue weighted by Crippen LogP contribution is -2.45. The lowest BCUT2D eigenvalue weighted by Gasteiger charge is -2.34. The molecule has 0 amide bonds. The normalized spacial score (nSPS) is 16.0. The average Bonchev–Trinajstić information content (AvgIpc) is 2.74. The van der Waals surface area contributed by atoms with E-state index >= 15 is 0 Å². The van der Waals surface area contributed by atoms with Gasteiger partial charge in [0.05, 0.1) is 16.5 Å². The summed E-state index contributed by atoms with van der Waals surface area (Å²) in [5, 5.41) is 16.0. The molecule has 2 aromatic carbocycles. The molecule has 2 aromatic rings. The zero-order chi connectivity index (χ0) is 24.9. The molecule has 0 saturated carbocycles. The summed E-state index contributed by atoms with van der Waals surface area (Å²) in [6.07, 6.45) is -8.50. The van der Waals surface area contributed by atoms with E-state index in [1.54, 1.807) is 12.1 Å². The highest BCUT2D eigenvalue weighted by atomic mass is 19.4. The van der Waals surface area contributed by atoms with Crippen molar-refractivity contribution in [2.24, 2.45) is 0 Å². The zero-order valence-electron chi connectivity index (χ0n) is 17.5. The fraction of sp³-hybridized carbons (Fsp3) is 0.409. The largest absolute Gasteiger partial charge is 0.661 e. The molecule has 0 aliphatic carbocycles. The van der Waals surface area contributed by atoms with Gasteiger partial charge in [0.15, 0.2) is 0 Å². The molecular formula is C22H22F7N2O2-. The predicted molar refractivity (Wildman–Crippen MR) is 107 cm³/mol. The summed E-state index contributed by atoms with van der Waals surface area (Å²) < 4.78 is 87.1. The van der Waals surface area contributed by atoms with Gasteiger partial charge >= 0.3 is 18.3 Å². The van der Waals surface area contributed by atoms with Crippen LogP contribution in [-0.4, -0.2) is 31.2 Å². The van der Waals surface area contributed by atoms with Crippen LogP contribution in [-0.2, 0) is 29.1 Å². The van der Waals surface area contributed by atoms with E-state index in [1.807, 2.05) is 0 Å². The van der Waals surface area contributed by atoms with Crippen molar-refractivity contribution in [3.8, 4) is 0 Å². The second-order valence-electron chi connectivity index (χ2n) is 7.53. The molecule has 11 heteroatoms. The number of alkyl halides is 6. The minimum absolute atomic E-state index is 0.0964. The molecule has 1 heterocycles. The van der Waals surface area contributed by atoms with Gasteiger partial charge in [-0.2, -0.15) is 33.4 Å². The van der Waals surface area contributed by atoms with E-state index in [-0.39, 0.29) is 24.0 Å². The van der Waals surface area contributed by atoms with Crippen LogP contribution in [0.3, 0.4) is 0 Å². The van der Waals surface area contributed by atoms with E-state index < -0.39 is 34.9 Å². The Kier molecular flexibility index (Phi) is 8.47. The third kappa shape index (κ3) is 6.91. The lowest BCUT2D eigenvalue weighted by atomic mass is 9.73. The number of aliphatic carboxylic acids is 1. The number of carboxylic acids is 1. The van der Waals surface area contributed by atoms with E-state index in [9.17, 15) is 40.6 Å². The number of carboxylic acid groups (broad SMARTS) is 1. The standard InChI is InChI=1S/C12H14FNO2.C10H8F6N/c13-10-3-1-9(2-4-10)12(11(15)16)5-7-14-8-6-12;1-17-5-6-2-7(9(11,12)13)4-8(3-6)10(14,15)16/h1-4,14H,5-8H2,(H,15,16);2-4H,5H2,1H3/q;-1. The lowest BCUT2D eigenvalue weighted by molar-refractivity contribution is -0.145. The average molecular weight is 479 g/mol. The van der Waals surface area contributed by atoms with Crippen LogP contribution in [0.25, 0.3) is 5.32 Å². The minimum atomic E-state index is -4.80. The van der Waals surface area contributed by atoms with Gasteiger partial charge in [0.2, 0.25) is 0 Å². The molecule has 0 unspecified atom stereocenters. The number of nitrogens with zero attached hydrogens (tertiary/aromatic N) is 1.